The van der Waals surface area contributed by atoms with Crippen molar-refractivity contribution in [2.24, 2.45) is 0 Å². The second kappa shape index (κ2) is 8.20. The summed E-state index contributed by atoms with van der Waals surface area (Å²) in [5.41, 5.74) is 1.67. The lowest BCUT2D eigenvalue weighted by Gasteiger charge is -2.26. The van der Waals surface area contributed by atoms with Gasteiger partial charge in [-0.25, -0.2) is 17.9 Å². The third kappa shape index (κ3) is 4.48. The molecule has 0 unspecified atom stereocenters. The van der Waals surface area contributed by atoms with E-state index in [1.807, 2.05) is 6.92 Å². The van der Waals surface area contributed by atoms with Gasteiger partial charge in [-0.3, -0.25) is 4.90 Å². The molecule has 1 fully saturated rings. The van der Waals surface area contributed by atoms with Crippen molar-refractivity contribution >= 4 is 21.7 Å². The van der Waals surface area contributed by atoms with E-state index in [4.69, 9.17) is 4.42 Å². The van der Waals surface area contributed by atoms with Crippen molar-refractivity contribution in [1.82, 2.24) is 10.0 Å². The normalized spacial score (nSPS) is 17.3. The highest BCUT2D eigenvalue weighted by atomic mass is 32.2. The number of rotatable bonds is 5. The lowest BCUT2D eigenvalue weighted by molar-refractivity contribution is 0.238. The van der Waals surface area contributed by atoms with Crippen LogP contribution < -0.4 is 14.9 Å². The van der Waals surface area contributed by atoms with E-state index < -0.39 is 10.0 Å². The van der Waals surface area contributed by atoms with Crippen LogP contribution in [0.1, 0.15) is 49.2 Å². The number of nitrogens with zero attached hydrogens (tertiary/aromatic N) is 1. The first-order chi connectivity index (χ1) is 13.9. The number of sulfonamides is 1. The molecule has 2 amide bonds. The highest BCUT2D eigenvalue weighted by Gasteiger charge is 2.28. The molecule has 0 saturated heterocycles. The molecule has 8 heteroatoms. The maximum atomic E-state index is 12.7. The van der Waals surface area contributed by atoms with Gasteiger partial charge in [0, 0.05) is 18.3 Å². The molecular formula is C21H27N3O4S. The van der Waals surface area contributed by atoms with Gasteiger partial charge >= 0.3 is 6.03 Å². The van der Waals surface area contributed by atoms with Crippen molar-refractivity contribution in [2.45, 2.75) is 62.9 Å². The van der Waals surface area contributed by atoms with Crippen molar-refractivity contribution in [3.63, 3.8) is 0 Å². The summed E-state index contributed by atoms with van der Waals surface area (Å²) < 4.78 is 33.3. The van der Waals surface area contributed by atoms with Gasteiger partial charge in [-0.15, -0.1) is 0 Å². The molecule has 1 aliphatic heterocycles. The summed E-state index contributed by atoms with van der Waals surface area (Å²) in [6.07, 6.45) is 6.27. The van der Waals surface area contributed by atoms with Gasteiger partial charge in [-0.1, -0.05) is 19.3 Å². The highest BCUT2D eigenvalue weighted by molar-refractivity contribution is 7.89. The molecule has 1 saturated carbocycles. The maximum Gasteiger partial charge on any atom is 0.322 e. The van der Waals surface area contributed by atoms with E-state index in [1.54, 1.807) is 35.2 Å². The Bertz CT molecular complexity index is 993. The molecular weight excluding hydrogens is 390 g/mol. The molecule has 0 bridgehead atoms. The van der Waals surface area contributed by atoms with Crippen LogP contribution in [-0.2, 0) is 23.0 Å². The minimum atomic E-state index is -3.66. The topological polar surface area (TPSA) is 91.7 Å². The van der Waals surface area contributed by atoms with Crippen LogP contribution in [-0.4, -0.2) is 27.0 Å². The van der Waals surface area contributed by atoms with Crippen molar-refractivity contribution < 1.29 is 17.6 Å². The molecule has 156 valence electrons. The Labute approximate surface area is 171 Å². The summed E-state index contributed by atoms with van der Waals surface area (Å²) in [7, 11) is -3.66. The average Bonchev–Trinajstić information content (AvgIpc) is 3.32. The number of amides is 2. The van der Waals surface area contributed by atoms with E-state index >= 15 is 0 Å². The van der Waals surface area contributed by atoms with E-state index in [9.17, 15) is 13.2 Å². The Hall–Kier alpha value is -2.32. The Morgan fingerprint density at radius 3 is 2.69 bits per heavy atom. The Kier molecular flexibility index (Phi) is 5.65. The van der Waals surface area contributed by atoms with Crippen LogP contribution >= 0.6 is 0 Å². The van der Waals surface area contributed by atoms with Crippen LogP contribution in [0.4, 0.5) is 10.5 Å². The molecule has 1 aromatic carbocycles. The fraction of sp³-hybridized carbons (Fsp3) is 0.476. The number of hydrogen-bond donors (Lipinski definition) is 2. The molecule has 29 heavy (non-hydrogen) atoms. The zero-order valence-corrected chi connectivity index (χ0v) is 17.4. The van der Waals surface area contributed by atoms with Crippen molar-refractivity contribution in [3.05, 3.63) is 47.4 Å². The number of aryl methyl sites for hydroxylation is 1. The Balaban J connectivity index is 1.44. The number of anilines is 1. The fourth-order valence-corrected chi connectivity index (χ4v) is 5.13. The summed E-state index contributed by atoms with van der Waals surface area (Å²) in [6, 6.07) is 8.66. The number of carbonyl (C=O) groups excluding carboxylic acids is 1. The number of nitrogens with one attached hydrogen (secondary N) is 2. The summed E-state index contributed by atoms with van der Waals surface area (Å²) in [5.74, 6) is 1.31. The molecule has 1 aromatic heterocycles. The third-order valence-corrected chi connectivity index (χ3v) is 7.07. The Morgan fingerprint density at radius 1 is 1.17 bits per heavy atom. The van der Waals surface area contributed by atoms with Gasteiger partial charge in [0.15, 0.2) is 0 Å². The maximum absolute atomic E-state index is 12.7. The molecule has 2 N–H and O–H groups in total. The van der Waals surface area contributed by atoms with Crippen LogP contribution in [0.3, 0.4) is 0 Å². The minimum absolute atomic E-state index is 0.0856. The monoisotopic (exact) mass is 417 g/mol. The number of fused-ring (bicyclic) bond motifs is 1. The van der Waals surface area contributed by atoms with Gasteiger partial charge < -0.3 is 9.73 Å². The largest absolute Gasteiger partial charge is 0.465 e. The number of furan rings is 1. The van der Waals surface area contributed by atoms with Gasteiger partial charge in [0.25, 0.3) is 0 Å². The van der Waals surface area contributed by atoms with Gasteiger partial charge in [-0.05, 0) is 62.1 Å². The first kappa shape index (κ1) is 20.0. The standard InChI is InChI=1S/C21H27N3O4S/c1-15-7-8-18(28-15)14-22-29(26,27)19-9-10-20-16(13-19)11-12-24(20)21(25)23-17-5-3-2-4-6-17/h7-10,13,17,22H,2-6,11-12,14H2,1H3,(H,23,25). The zero-order valence-electron chi connectivity index (χ0n) is 16.6. The predicted octanol–water partition coefficient (Wildman–Crippen LogP) is 3.47. The van der Waals surface area contributed by atoms with Crippen LogP contribution in [0.15, 0.2) is 39.6 Å². The molecule has 2 heterocycles. The third-order valence-electron chi connectivity index (χ3n) is 5.67. The van der Waals surface area contributed by atoms with Crippen LogP contribution in [0.5, 0.6) is 0 Å². The van der Waals surface area contributed by atoms with Crippen LogP contribution in [0, 0.1) is 6.92 Å². The highest BCUT2D eigenvalue weighted by Crippen LogP contribution is 2.30. The van der Waals surface area contributed by atoms with Crippen molar-refractivity contribution in [1.29, 1.82) is 0 Å². The van der Waals surface area contributed by atoms with Gasteiger partial charge in [0.1, 0.15) is 11.5 Å². The Morgan fingerprint density at radius 2 is 1.97 bits per heavy atom. The molecule has 0 radical (unpaired) electrons. The van der Waals surface area contributed by atoms with Crippen LogP contribution in [0.2, 0.25) is 0 Å². The number of benzene rings is 1. The number of carbonyl (C=O) groups is 1. The minimum Gasteiger partial charge on any atom is -0.465 e. The zero-order chi connectivity index (χ0) is 20.4. The summed E-state index contributed by atoms with van der Waals surface area (Å²) in [4.78, 5) is 14.6. The molecule has 2 aromatic rings. The summed E-state index contributed by atoms with van der Waals surface area (Å²) in [6.45, 7) is 2.48. The van der Waals surface area contributed by atoms with E-state index in [0.29, 0.717) is 18.7 Å². The first-order valence-corrected chi connectivity index (χ1v) is 11.7. The molecule has 1 aliphatic carbocycles. The number of hydrogen-bond acceptors (Lipinski definition) is 4. The van der Waals surface area contributed by atoms with E-state index in [2.05, 4.69) is 10.0 Å². The number of urea groups is 1. The second-order valence-corrected chi connectivity index (χ2v) is 9.58. The summed E-state index contributed by atoms with van der Waals surface area (Å²) in [5, 5.41) is 3.13. The smallest absolute Gasteiger partial charge is 0.322 e. The molecule has 7 nitrogen and oxygen atoms in total. The molecule has 2 aliphatic rings. The molecule has 4 rings (SSSR count). The van der Waals surface area contributed by atoms with E-state index in [-0.39, 0.29) is 23.5 Å². The predicted molar refractivity (Wildman–Crippen MR) is 110 cm³/mol. The van der Waals surface area contributed by atoms with E-state index in [1.165, 1.54) is 6.42 Å². The van der Waals surface area contributed by atoms with Crippen LogP contribution in [0.25, 0.3) is 0 Å². The SMILES string of the molecule is Cc1ccc(CNS(=O)(=O)c2ccc3c(c2)CCN3C(=O)NC2CCCCC2)o1. The van der Waals surface area contributed by atoms with Gasteiger partial charge in [-0.2, -0.15) is 0 Å². The first-order valence-electron chi connectivity index (χ1n) is 10.2. The van der Waals surface area contributed by atoms with E-state index in [0.717, 1.165) is 42.7 Å². The average molecular weight is 418 g/mol. The second-order valence-electron chi connectivity index (χ2n) is 7.81. The lowest BCUT2D eigenvalue weighted by atomic mass is 9.96. The fourth-order valence-electron chi connectivity index (χ4n) is 4.09. The van der Waals surface area contributed by atoms with Gasteiger partial charge in [0.05, 0.1) is 11.4 Å². The lowest BCUT2D eigenvalue weighted by Crippen LogP contribution is -2.45. The molecule has 0 atom stereocenters. The van der Waals surface area contributed by atoms with Crippen molar-refractivity contribution in [3.8, 4) is 0 Å². The summed E-state index contributed by atoms with van der Waals surface area (Å²) >= 11 is 0. The molecule has 0 spiro atoms. The quantitative estimate of drug-likeness (QED) is 0.779. The van der Waals surface area contributed by atoms with Crippen molar-refractivity contribution in [2.75, 3.05) is 11.4 Å². The van der Waals surface area contributed by atoms with Gasteiger partial charge in [0.2, 0.25) is 10.0 Å².